The second-order valence-corrected chi connectivity index (χ2v) is 13.1. The Morgan fingerprint density at radius 3 is 2.15 bits per heavy atom. The van der Waals surface area contributed by atoms with Gasteiger partial charge >= 0.3 is 18.3 Å². The fraction of sp³-hybridized carbons (Fsp3) is 0.500. The molecule has 2 aromatic rings. The Hall–Kier alpha value is -4.47. The van der Waals surface area contributed by atoms with E-state index < -0.39 is 77.0 Å². The molecule has 1 aromatic carbocycles. The Morgan fingerprint density at radius 1 is 1.06 bits per heavy atom. The third-order valence-electron chi connectivity index (χ3n) is 8.00. The van der Waals surface area contributed by atoms with Gasteiger partial charge in [0.15, 0.2) is 5.83 Å². The van der Waals surface area contributed by atoms with Gasteiger partial charge in [0.2, 0.25) is 5.91 Å². The van der Waals surface area contributed by atoms with E-state index in [9.17, 15) is 49.5 Å². The second-order valence-electron chi connectivity index (χ2n) is 13.1. The number of nitrogens with two attached hydrogens (primary N) is 1. The number of aryl methyl sites for hydroxylation is 2. The maximum Gasteiger partial charge on any atom is 0.416 e. The minimum absolute atomic E-state index is 0.00366. The lowest BCUT2D eigenvalue weighted by molar-refractivity contribution is -0.143. The van der Waals surface area contributed by atoms with Crippen LogP contribution in [0.5, 0.6) is 5.75 Å². The Balaban J connectivity index is 0.000000546. The van der Waals surface area contributed by atoms with Crippen molar-refractivity contribution in [1.29, 1.82) is 0 Å². The molecular weight excluding hydrogens is 730 g/mol. The number of carbonyl (C=O) groups is 2. The van der Waals surface area contributed by atoms with Gasteiger partial charge in [0.1, 0.15) is 17.6 Å². The number of benzene rings is 1. The molecule has 0 aliphatic rings. The maximum atomic E-state index is 15.0. The van der Waals surface area contributed by atoms with Gasteiger partial charge < -0.3 is 24.7 Å². The maximum absolute atomic E-state index is 15.0. The summed E-state index contributed by atoms with van der Waals surface area (Å²) >= 11 is 0. The summed E-state index contributed by atoms with van der Waals surface area (Å²) < 4.78 is 119. The molecule has 8 nitrogen and oxygen atoms in total. The first-order valence-electron chi connectivity index (χ1n) is 17.0. The third-order valence-corrected chi connectivity index (χ3v) is 8.00. The summed E-state index contributed by atoms with van der Waals surface area (Å²) in [6.07, 6.45) is -8.00. The number of halogens is 8. The van der Waals surface area contributed by atoms with Crippen LogP contribution >= 0.6 is 0 Å². The molecule has 0 spiro atoms. The molecule has 1 aromatic heterocycles. The number of esters is 1. The van der Waals surface area contributed by atoms with Crippen molar-refractivity contribution in [2.75, 3.05) is 34.4 Å². The van der Waals surface area contributed by atoms with Crippen molar-refractivity contribution in [1.82, 2.24) is 9.47 Å². The van der Waals surface area contributed by atoms with E-state index in [0.717, 1.165) is 10.8 Å². The highest BCUT2D eigenvalue weighted by Gasteiger charge is 2.35. The highest BCUT2D eigenvalue weighted by atomic mass is 19.4. The van der Waals surface area contributed by atoms with Crippen LogP contribution in [0.15, 0.2) is 59.1 Å². The minimum Gasteiger partial charge on any atom is -0.496 e. The fourth-order valence-electron chi connectivity index (χ4n) is 5.36. The second kappa shape index (κ2) is 20.8. The smallest absolute Gasteiger partial charge is 0.416 e. The van der Waals surface area contributed by atoms with Crippen molar-refractivity contribution in [3.05, 3.63) is 92.4 Å². The van der Waals surface area contributed by atoms with Crippen LogP contribution in [0.1, 0.15) is 80.3 Å². The number of carbonyl (C=O) groups excluding carboxylic acids is 2. The molecule has 0 radical (unpaired) electrons. The van der Waals surface area contributed by atoms with E-state index in [4.69, 9.17) is 10.5 Å². The summed E-state index contributed by atoms with van der Waals surface area (Å²) in [5.74, 6) is -3.97. The number of alkyl halides is 6. The number of methoxy groups -OCH3 is 1. The minimum atomic E-state index is -4.83. The van der Waals surface area contributed by atoms with Crippen LogP contribution in [0.3, 0.4) is 0 Å². The number of aromatic nitrogens is 1. The van der Waals surface area contributed by atoms with Crippen LogP contribution < -0.4 is 16.0 Å². The zero-order valence-electron chi connectivity index (χ0n) is 31.7. The topological polar surface area (TPSA) is 104 Å². The van der Waals surface area contributed by atoms with Crippen LogP contribution in [0, 0.1) is 19.8 Å². The van der Waals surface area contributed by atoms with Crippen molar-refractivity contribution in [3.63, 3.8) is 0 Å². The van der Waals surface area contributed by atoms with Crippen molar-refractivity contribution in [3.8, 4) is 5.75 Å². The van der Waals surface area contributed by atoms with Gasteiger partial charge in [0, 0.05) is 29.8 Å². The molecule has 2 N–H and O–H groups in total. The van der Waals surface area contributed by atoms with E-state index in [2.05, 4.69) is 11.3 Å². The number of primary amides is 1. The molecule has 2 rings (SSSR count). The molecule has 302 valence electrons. The monoisotopic (exact) mass is 779 g/mol. The SMILES string of the molecule is C=C(/C=C(\C(F)=C(/F)CCC(=O)OCC)c1c(C)ccc(OC)c1C)C(F)(F)F.CC(C)CC(C(N)=O)n1cc(CCCN(C)C)c(C(F)(F)F)cc1=O. The molecule has 1 amide bonds. The zero-order valence-corrected chi connectivity index (χ0v) is 31.7. The largest absolute Gasteiger partial charge is 0.496 e. The Kier molecular flexibility index (Phi) is 18.4. The quantitative estimate of drug-likeness (QED) is 0.104. The Labute approximate surface area is 310 Å². The lowest BCUT2D eigenvalue weighted by Crippen LogP contribution is -2.35. The molecule has 0 fully saturated rings. The molecule has 16 heteroatoms. The van der Waals surface area contributed by atoms with Gasteiger partial charge in [-0.25, -0.2) is 8.78 Å². The summed E-state index contributed by atoms with van der Waals surface area (Å²) in [7, 11) is 5.01. The molecule has 1 unspecified atom stereocenters. The van der Waals surface area contributed by atoms with Crippen LogP contribution in [0.25, 0.3) is 5.57 Å². The number of hydrogen-bond donors (Lipinski definition) is 1. The molecular formula is C38H49F8N3O5. The van der Waals surface area contributed by atoms with Crippen LogP contribution in [0.4, 0.5) is 35.1 Å². The zero-order chi connectivity index (χ0) is 41.7. The highest BCUT2D eigenvalue weighted by molar-refractivity contribution is 5.84. The van der Waals surface area contributed by atoms with Gasteiger partial charge in [0.25, 0.3) is 5.56 Å². The average Bonchev–Trinajstić information content (AvgIpc) is 3.05. The van der Waals surface area contributed by atoms with Gasteiger partial charge in [-0.3, -0.25) is 14.4 Å². The van der Waals surface area contributed by atoms with Crippen molar-refractivity contribution in [2.45, 2.75) is 85.1 Å². The molecule has 1 atom stereocenters. The lowest BCUT2D eigenvalue weighted by Gasteiger charge is -2.22. The molecule has 0 aliphatic heterocycles. The molecule has 0 saturated carbocycles. The predicted octanol–water partition coefficient (Wildman–Crippen LogP) is 8.74. The van der Waals surface area contributed by atoms with Crippen molar-refractivity contribution >= 4 is 17.4 Å². The molecule has 0 aliphatic carbocycles. The summed E-state index contributed by atoms with van der Waals surface area (Å²) in [4.78, 5) is 37.2. The van der Waals surface area contributed by atoms with E-state index in [1.165, 1.54) is 20.1 Å². The van der Waals surface area contributed by atoms with Gasteiger partial charge in [0.05, 0.1) is 25.7 Å². The van der Waals surface area contributed by atoms with Crippen LogP contribution in [-0.4, -0.2) is 61.9 Å². The van der Waals surface area contributed by atoms with E-state index in [0.29, 0.717) is 42.0 Å². The Bertz CT molecular complexity index is 1740. The van der Waals surface area contributed by atoms with Gasteiger partial charge in [-0.2, -0.15) is 26.3 Å². The first-order chi connectivity index (χ1) is 24.9. The van der Waals surface area contributed by atoms with Crippen LogP contribution in [0.2, 0.25) is 0 Å². The fourth-order valence-corrected chi connectivity index (χ4v) is 5.36. The molecule has 54 heavy (non-hydrogen) atoms. The van der Waals surface area contributed by atoms with Gasteiger partial charge in [-0.15, -0.1) is 0 Å². The molecule has 0 saturated heterocycles. The molecule has 0 bridgehead atoms. The van der Waals surface area contributed by atoms with Gasteiger partial charge in [-0.1, -0.05) is 26.5 Å². The predicted molar refractivity (Wildman–Crippen MR) is 191 cm³/mol. The number of pyridine rings is 1. The van der Waals surface area contributed by atoms with Crippen molar-refractivity contribution < 1.29 is 54.2 Å². The lowest BCUT2D eigenvalue weighted by atomic mass is 9.92. The summed E-state index contributed by atoms with van der Waals surface area (Å²) in [5, 5.41) is 0. The normalized spacial score (nSPS) is 13.3. The third kappa shape index (κ3) is 14.4. The summed E-state index contributed by atoms with van der Waals surface area (Å²) in [6, 6.07) is 2.71. The first-order valence-corrected chi connectivity index (χ1v) is 17.0. The number of ether oxygens (including phenoxy) is 2. The summed E-state index contributed by atoms with van der Waals surface area (Å²) in [5.41, 5.74) is 2.40. The standard InChI is InChI=1S/C21H23F5O3.C17H26F3N3O2/c1-6-29-18(27)10-8-16(22)20(23)15(11-13(3)21(24,25)26)19-12(2)7-9-17(28-5)14(19)4;1-11(2)8-14(16(21)25)23-10-12(6-5-7-22(3)4)13(9-15(23)24)17(18,19)20/h7,9,11H,3,6,8,10H2,1-2,4-5H3;9-11,14H,5-8H2,1-4H3,(H2,21,25)/b15-11-,20-16+;. The average molecular weight is 780 g/mol. The highest BCUT2D eigenvalue weighted by Crippen LogP contribution is 2.39. The van der Waals surface area contributed by atoms with Crippen LogP contribution in [-0.2, 0) is 26.9 Å². The number of rotatable bonds is 16. The Morgan fingerprint density at radius 2 is 1.67 bits per heavy atom. The van der Waals surface area contributed by atoms with Crippen molar-refractivity contribution in [2.24, 2.45) is 11.7 Å². The van der Waals surface area contributed by atoms with Gasteiger partial charge in [-0.05, 0) is 101 Å². The van der Waals surface area contributed by atoms with E-state index in [1.54, 1.807) is 19.9 Å². The number of hydrogen-bond acceptors (Lipinski definition) is 6. The number of allylic oxidation sites excluding steroid dienone is 5. The van der Waals surface area contributed by atoms with E-state index >= 15 is 0 Å². The van der Waals surface area contributed by atoms with E-state index in [1.807, 2.05) is 32.8 Å². The number of amides is 1. The summed E-state index contributed by atoms with van der Waals surface area (Å²) in [6.45, 7) is 11.9. The van der Waals surface area contributed by atoms with E-state index in [-0.39, 0.29) is 36.5 Å². The first kappa shape index (κ1) is 47.6. The number of nitrogens with zero attached hydrogens (tertiary/aromatic N) is 2. The molecule has 1 heterocycles.